The Labute approximate surface area is 168 Å². The number of hydrogen-bond donors (Lipinski definition) is 1. The van der Waals surface area contributed by atoms with Crippen LogP contribution < -0.4 is 5.32 Å². The summed E-state index contributed by atoms with van der Waals surface area (Å²) in [6.45, 7) is 2.40. The number of sulfonamides is 1. The Hall–Kier alpha value is -2.42. The Kier molecular flexibility index (Phi) is 6.02. The molecule has 0 saturated carbocycles. The van der Waals surface area contributed by atoms with Gasteiger partial charge in [-0.3, -0.25) is 9.59 Å². The molecule has 0 unspecified atom stereocenters. The van der Waals surface area contributed by atoms with Crippen LogP contribution in [0.3, 0.4) is 0 Å². The van der Waals surface area contributed by atoms with Gasteiger partial charge in [0.1, 0.15) is 0 Å². The first-order chi connectivity index (χ1) is 13.3. The summed E-state index contributed by atoms with van der Waals surface area (Å²) in [5.74, 6) is -0.393. The van der Waals surface area contributed by atoms with Crippen molar-refractivity contribution in [1.82, 2.24) is 9.21 Å². The molecule has 0 bridgehead atoms. The molecule has 0 spiro atoms. The summed E-state index contributed by atoms with van der Waals surface area (Å²) < 4.78 is 27.0. The van der Waals surface area contributed by atoms with Crippen molar-refractivity contribution in [3.05, 3.63) is 59.1 Å². The number of carbonyl (C=O) groups is 2. The molecule has 3 rings (SSSR count). The summed E-state index contributed by atoms with van der Waals surface area (Å²) in [5, 5.41) is 3.08. The molecule has 28 heavy (non-hydrogen) atoms. The van der Waals surface area contributed by atoms with Crippen LogP contribution in [0.5, 0.6) is 0 Å². The number of halogens is 1. The molecule has 2 amide bonds. The minimum atomic E-state index is -3.67. The van der Waals surface area contributed by atoms with E-state index in [1.807, 2.05) is 0 Å². The maximum Gasteiger partial charge on any atom is 0.253 e. The third-order valence-electron chi connectivity index (χ3n) is 4.41. The highest BCUT2D eigenvalue weighted by atomic mass is 35.5. The standard InChI is InChI=1S/C19H20ClN3O4S/c1-14(24)21-17-5-7-18(8-6-17)28(26,27)23-11-9-22(10-12-23)19(25)15-3-2-4-16(20)13-15/h2-8,13H,9-12H2,1H3,(H,21,24). The Bertz CT molecular complexity index is 984. The van der Waals surface area contributed by atoms with Gasteiger partial charge in [0.2, 0.25) is 15.9 Å². The summed E-state index contributed by atoms with van der Waals surface area (Å²) in [7, 11) is -3.67. The van der Waals surface area contributed by atoms with Crippen molar-refractivity contribution in [2.75, 3.05) is 31.5 Å². The van der Waals surface area contributed by atoms with Gasteiger partial charge in [-0.2, -0.15) is 4.31 Å². The minimum absolute atomic E-state index is 0.149. The molecule has 1 heterocycles. The fourth-order valence-corrected chi connectivity index (χ4v) is 4.61. The van der Waals surface area contributed by atoms with Crippen molar-refractivity contribution in [3.8, 4) is 0 Å². The van der Waals surface area contributed by atoms with Crippen molar-refractivity contribution >= 4 is 39.1 Å². The third-order valence-corrected chi connectivity index (χ3v) is 6.56. The van der Waals surface area contributed by atoms with Crippen LogP contribution >= 0.6 is 11.6 Å². The van der Waals surface area contributed by atoms with Crippen LogP contribution in [0, 0.1) is 0 Å². The van der Waals surface area contributed by atoms with Crippen LogP contribution in [0.15, 0.2) is 53.4 Å². The highest BCUT2D eigenvalue weighted by molar-refractivity contribution is 7.89. The molecule has 1 aliphatic rings. The van der Waals surface area contributed by atoms with Gasteiger partial charge >= 0.3 is 0 Å². The summed E-state index contributed by atoms with van der Waals surface area (Å²) in [4.78, 5) is 25.4. The van der Waals surface area contributed by atoms with Crippen LogP contribution in [0.4, 0.5) is 5.69 Å². The van der Waals surface area contributed by atoms with Crippen molar-refractivity contribution < 1.29 is 18.0 Å². The largest absolute Gasteiger partial charge is 0.336 e. The number of carbonyl (C=O) groups excluding carboxylic acids is 2. The summed E-state index contributed by atoms with van der Waals surface area (Å²) >= 11 is 5.94. The zero-order valence-electron chi connectivity index (χ0n) is 15.3. The molecule has 1 aliphatic heterocycles. The van der Waals surface area contributed by atoms with Crippen molar-refractivity contribution in [1.29, 1.82) is 0 Å². The summed E-state index contributed by atoms with van der Waals surface area (Å²) in [6, 6.07) is 12.7. The monoisotopic (exact) mass is 421 g/mol. The maximum atomic E-state index is 12.8. The van der Waals surface area contributed by atoms with Gasteiger partial charge in [0.05, 0.1) is 4.90 Å². The predicted octanol–water partition coefficient (Wildman–Crippen LogP) is 2.45. The third kappa shape index (κ3) is 4.52. The first-order valence-electron chi connectivity index (χ1n) is 8.70. The van der Waals surface area contributed by atoms with Crippen molar-refractivity contribution in [2.45, 2.75) is 11.8 Å². The second-order valence-corrected chi connectivity index (χ2v) is 8.79. The van der Waals surface area contributed by atoms with E-state index in [2.05, 4.69) is 5.32 Å². The van der Waals surface area contributed by atoms with E-state index in [1.165, 1.54) is 23.4 Å². The van der Waals surface area contributed by atoms with Gasteiger partial charge in [-0.05, 0) is 42.5 Å². The number of rotatable bonds is 4. The molecule has 0 aliphatic carbocycles. The summed E-state index contributed by atoms with van der Waals surface area (Å²) in [6.07, 6.45) is 0. The van der Waals surface area contributed by atoms with Crippen LogP contribution in [-0.4, -0.2) is 55.6 Å². The van der Waals surface area contributed by atoms with Crippen molar-refractivity contribution in [2.24, 2.45) is 0 Å². The smallest absolute Gasteiger partial charge is 0.253 e. The Morgan fingerprint density at radius 2 is 1.64 bits per heavy atom. The fraction of sp³-hybridized carbons (Fsp3) is 0.263. The van der Waals surface area contributed by atoms with E-state index >= 15 is 0 Å². The number of anilines is 1. The fourth-order valence-electron chi connectivity index (χ4n) is 3.00. The Balaban J connectivity index is 1.66. The molecule has 148 valence electrons. The SMILES string of the molecule is CC(=O)Nc1ccc(S(=O)(=O)N2CCN(C(=O)c3cccc(Cl)c3)CC2)cc1. The van der Waals surface area contributed by atoms with Crippen LogP contribution in [0.1, 0.15) is 17.3 Å². The number of nitrogens with zero attached hydrogens (tertiary/aromatic N) is 2. The highest BCUT2D eigenvalue weighted by Crippen LogP contribution is 2.21. The lowest BCUT2D eigenvalue weighted by Gasteiger charge is -2.34. The van der Waals surface area contributed by atoms with E-state index in [-0.39, 0.29) is 29.8 Å². The van der Waals surface area contributed by atoms with Gasteiger partial charge in [-0.25, -0.2) is 8.42 Å². The quantitative estimate of drug-likeness (QED) is 0.821. The van der Waals surface area contributed by atoms with E-state index in [4.69, 9.17) is 11.6 Å². The molecule has 0 aromatic heterocycles. The van der Waals surface area contributed by atoms with Crippen LogP contribution in [0.2, 0.25) is 5.02 Å². The Morgan fingerprint density at radius 1 is 1.00 bits per heavy atom. The van der Waals surface area contributed by atoms with Gasteiger partial charge < -0.3 is 10.2 Å². The molecule has 7 nitrogen and oxygen atoms in total. The first kappa shape index (κ1) is 20.3. The average molecular weight is 422 g/mol. The molecular weight excluding hydrogens is 402 g/mol. The predicted molar refractivity (Wildman–Crippen MR) is 107 cm³/mol. The van der Waals surface area contributed by atoms with Crippen molar-refractivity contribution in [3.63, 3.8) is 0 Å². The molecule has 2 aromatic carbocycles. The van der Waals surface area contributed by atoms with E-state index < -0.39 is 10.0 Å². The van der Waals surface area contributed by atoms with E-state index in [9.17, 15) is 18.0 Å². The zero-order valence-corrected chi connectivity index (χ0v) is 16.8. The minimum Gasteiger partial charge on any atom is -0.336 e. The van der Waals surface area contributed by atoms with Crippen LogP contribution in [-0.2, 0) is 14.8 Å². The second-order valence-electron chi connectivity index (χ2n) is 6.41. The van der Waals surface area contributed by atoms with Crippen LogP contribution in [0.25, 0.3) is 0 Å². The topological polar surface area (TPSA) is 86.8 Å². The summed E-state index contributed by atoms with van der Waals surface area (Å²) in [5.41, 5.74) is 1.01. The van der Waals surface area contributed by atoms with E-state index in [0.29, 0.717) is 29.4 Å². The van der Waals surface area contributed by atoms with Gasteiger partial charge in [0, 0.05) is 49.4 Å². The molecule has 1 fully saturated rings. The lowest BCUT2D eigenvalue weighted by molar-refractivity contribution is -0.114. The molecule has 0 radical (unpaired) electrons. The molecular formula is C19H20ClN3O4S. The number of benzene rings is 2. The van der Waals surface area contributed by atoms with Gasteiger partial charge in [-0.1, -0.05) is 17.7 Å². The van der Waals surface area contributed by atoms with Gasteiger partial charge in [0.15, 0.2) is 0 Å². The van der Waals surface area contributed by atoms with E-state index in [0.717, 1.165) is 0 Å². The first-order valence-corrected chi connectivity index (χ1v) is 10.5. The normalized spacial score (nSPS) is 15.3. The van der Waals surface area contributed by atoms with E-state index in [1.54, 1.807) is 41.3 Å². The number of piperazine rings is 1. The number of hydrogen-bond acceptors (Lipinski definition) is 4. The van der Waals surface area contributed by atoms with Gasteiger partial charge in [-0.15, -0.1) is 0 Å². The number of amides is 2. The lowest BCUT2D eigenvalue weighted by Crippen LogP contribution is -2.50. The molecule has 1 saturated heterocycles. The molecule has 1 N–H and O–H groups in total. The molecule has 0 atom stereocenters. The zero-order chi connectivity index (χ0) is 20.3. The lowest BCUT2D eigenvalue weighted by atomic mass is 10.2. The Morgan fingerprint density at radius 3 is 2.21 bits per heavy atom. The molecule has 2 aromatic rings. The molecule has 9 heteroatoms. The average Bonchev–Trinajstić information content (AvgIpc) is 2.67. The second kappa shape index (κ2) is 8.30. The number of nitrogens with one attached hydrogen (secondary N) is 1. The van der Waals surface area contributed by atoms with Gasteiger partial charge in [0.25, 0.3) is 5.91 Å². The highest BCUT2D eigenvalue weighted by Gasteiger charge is 2.30. The maximum absolute atomic E-state index is 12.8.